The first-order valence-corrected chi connectivity index (χ1v) is 11.3. The Hall–Kier alpha value is -5.27. The van der Waals surface area contributed by atoms with Crippen LogP contribution in [0.4, 0.5) is 5.95 Å². The van der Waals surface area contributed by atoms with Crippen molar-refractivity contribution in [3.63, 3.8) is 0 Å². The van der Waals surface area contributed by atoms with Crippen LogP contribution in [0.2, 0.25) is 0 Å². The molecule has 1 fully saturated rings. The molecule has 2 N–H and O–H groups in total. The van der Waals surface area contributed by atoms with E-state index in [1.165, 1.54) is 22.1 Å². The summed E-state index contributed by atoms with van der Waals surface area (Å²) in [6.45, 7) is 0.223. The third-order valence-corrected chi connectivity index (χ3v) is 6.19. The number of aromatic nitrogens is 7. The molecule has 5 heterocycles. The highest BCUT2D eigenvalue weighted by atomic mass is 16.2. The molecule has 0 saturated carbocycles. The van der Waals surface area contributed by atoms with Gasteiger partial charge in [-0.1, -0.05) is 5.21 Å². The van der Waals surface area contributed by atoms with Gasteiger partial charge in [0.1, 0.15) is 12.4 Å². The SMILES string of the molecule is O=C1CCC(N2Cc3cc(-n4cc(C(=O)Nc5nncn5-c5cccnc5)nn4)ccc3C2=O)C(=O)N1. The van der Waals surface area contributed by atoms with Gasteiger partial charge in [0.2, 0.25) is 17.8 Å². The molecule has 1 unspecified atom stereocenters. The molecule has 14 heteroatoms. The minimum atomic E-state index is -0.698. The molecule has 0 spiro atoms. The van der Waals surface area contributed by atoms with Crippen LogP contribution in [0.1, 0.15) is 39.3 Å². The van der Waals surface area contributed by atoms with Crippen LogP contribution in [0, 0.1) is 0 Å². The number of carbonyl (C=O) groups is 4. The number of nitrogens with zero attached hydrogens (tertiary/aromatic N) is 8. The third kappa shape index (κ3) is 3.99. The molecule has 4 aromatic rings. The molecule has 0 radical (unpaired) electrons. The van der Waals surface area contributed by atoms with Crippen molar-refractivity contribution in [1.29, 1.82) is 0 Å². The molecule has 3 aromatic heterocycles. The summed E-state index contributed by atoms with van der Waals surface area (Å²) in [5, 5.41) is 20.7. The molecule has 6 rings (SSSR count). The van der Waals surface area contributed by atoms with Gasteiger partial charge in [-0.25, -0.2) is 4.68 Å². The zero-order chi connectivity index (χ0) is 25.5. The lowest BCUT2D eigenvalue weighted by Gasteiger charge is -2.29. The Labute approximate surface area is 208 Å². The Morgan fingerprint density at radius 3 is 2.81 bits per heavy atom. The summed E-state index contributed by atoms with van der Waals surface area (Å²) in [5.41, 5.74) is 2.48. The van der Waals surface area contributed by atoms with Crippen LogP contribution in [0.15, 0.2) is 55.2 Å². The second-order valence-corrected chi connectivity index (χ2v) is 8.48. The Morgan fingerprint density at radius 1 is 1.11 bits per heavy atom. The maximum atomic E-state index is 12.9. The van der Waals surface area contributed by atoms with E-state index < -0.39 is 17.9 Å². The number of rotatable bonds is 5. The summed E-state index contributed by atoms with van der Waals surface area (Å²) >= 11 is 0. The van der Waals surface area contributed by atoms with Crippen molar-refractivity contribution in [2.24, 2.45) is 0 Å². The fraction of sp³-hybridized carbons (Fsp3) is 0.174. The number of piperidine rings is 1. The van der Waals surface area contributed by atoms with Crippen LogP contribution in [0.25, 0.3) is 11.4 Å². The smallest absolute Gasteiger partial charge is 0.280 e. The largest absolute Gasteiger partial charge is 0.322 e. The number of fused-ring (bicyclic) bond motifs is 1. The van der Waals surface area contributed by atoms with E-state index in [2.05, 4.69) is 36.1 Å². The van der Waals surface area contributed by atoms with Crippen LogP contribution in [0.3, 0.4) is 0 Å². The average Bonchev–Trinajstić information content (AvgIpc) is 3.64. The molecule has 2 aliphatic rings. The number of hydrogen-bond donors (Lipinski definition) is 2. The molecule has 37 heavy (non-hydrogen) atoms. The van der Waals surface area contributed by atoms with Crippen molar-refractivity contribution in [2.75, 3.05) is 5.32 Å². The van der Waals surface area contributed by atoms with E-state index in [0.29, 0.717) is 22.5 Å². The van der Waals surface area contributed by atoms with E-state index in [1.807, 2.05) is 0 Å². The van der Waals surface area contributed by atoms with Crippen molar-refractivity contribution >= 4 is 29.6 Å². The predicted octanol–water partition coefficient (Wildman–Crippen LogP) is 0.256. The first-order valence-electron chi connectivity index (χ1n) is 11.3. The van der Waals surface area contributed by atoms with Crippen LogP contribution >= 0.6 is 0 Å². The van der Waals surface area contributed by atoms with E-state index in [0.717, 1.165) is 0 Å². The van der Waals surface area contributed by atoms with Crippen molar-refractivity contribution in [3.8, 4) is 11.4 Å². The first kappa shape index (κ1) is 22.2. The van der Waals surface area contributed by atoms with Gasteiger partial charge >= 0.3 is 0 Å². The van der Waals surface area contributed by atoms with Gasteiger partial charge in [-0.15, -0.1) is 15.3 Å². The van der Waals surface area contributed by atoms with Gasteiger partial charge < -0.3 is 4.90 Å². The number of nitrogens with one attached hydrogen (secondary N) is 2. The minimum absolute atomic E-state index is 0.0440. The number of pyridine rings is 1. The Morgan fingerprint density at radius 2 is 2.00 bits per heavy atom. The number of amides is 4. The zero-order valence-corrected chi connectivity index (χ0v) is 19.1. The van der Waals surface area contributed by atoms with Crippen LogP contribution < -0.4 is 10.6 Å². The van der Waals surface area contributed by atoms with E-state index in [9.17, 15) is 19.2 Å². The van der Waals surface area contributed by atoms with Crippen molar-refractivity contribution in [3.05, 3.63) is 72.1 Å². The minimum Gasteiger partial charge on any atom is -0.322 e. The van der Waals surface area contributed by atoms with Gasteiger partial charge in [-0.2, -0.15) is 0 Å². The summed E-state index contributed by atoms with van der Waals surface area (Å²) in [5.74, 6) is -1.42. The van der Waals surface area contributed by atoms with Gasteiger partial charge in [-0.3, -0.25) is 39.4 Å². The number of benzene rings is 1. The normalized spacial score (nSPS) is 17.0. The van der Waals surface area contributed by atoms with Crippen molar-refractivity contribution in [1.82, 2.24) is 45.0 Å². The fourth-order valence-corrected chi connectivity index (χ4v) is 4.37. The highest BCUT2D eigenvalue weighted by Crippen LogP contribution is 2.29. The molecular weight excluding hydrogens is 480 g/mol. The van der Waals surface area contributed by atoms with E-state index in [1.54, 1.807) is 47.3 Å². The Kier molecular flexibility index (Phi) is 5.25. The first-order chi connectivity index (χ1) is 18.0. The maximum absolute atomic E-state index is 12.9. The van der Waals surface area contributed by atoms with Gasteiger partial charge in [0.25, 0.3) is 11.8 Å². The highest BCUT2D eigenvalue weighted by molar-refractivity contribution is 6.05. The maximum Gasteiger partial charge on any atom is 0.280 e. The predicted molar refractivity (Wildman–Crippen MR) is 125 cm³/mol. The quantitative estimate of drug-likeness (QED) is 0.366. The topological polar surface area (TPSA) is 170 Å². The van der Waals surface area contributed by atoms with Crippen LogP contribution in [0.5, 0.6) is 0 Å². The summed E-state index contributed by atoms with van der Waals surface area (Å²) < 4.78 is 2.99. The average molecular weight is 498 g/mol. The molecule has 1 aromatic carbocycles. The summed E-state index contributed by atoms with van der Waals surface area (Å²) in [6, 6.07) is 7.94. The van der Waals surface area contributed by atoms with Gasteiger partial charge in [0.05, 0.1) is 23.8 Å². The molecule has 1 saturated heterocycles. The standard InChI is InChI=1S/C23H18N10O4/c34-19-6-5-18(21(36)26-19)31-10-13-8-14(3-4-16(13)22(31)37)33-11-17(28-30-33)20(35)27-23-29-25-12-32(23)15-2-1-7-24-9-15/h1-4,7-9,11-12,18H,5-6,10H2,(H,26,34,36)(H,27,29,35). The number of hydrogen-bond acceptors (Lipinski definition) is 9. The van der Waals surface area contributed by atoms with Gasteiger partial charge in [0.15, 0.2) is 5.69 Å². The number of anilines is 1. The lowest BCUT2D eigenvalue weighted by molar-refractivity contribution is -0.136. The molecule has 4 amide bonds. The molecule has 0 bridgehead atoms. The highest BCUT2D eigenvalue weighted by Gasteiger charge is 2.39. The number of carbonyl (C=O) groups excluding carboxylic acids is 4. The van der Waals surface area contributed by atoms with Crippen LogP contribution in [-0.4, -0.2) is 69.3 Å². The number of imide groups is 1. The molecule has 0 aliphatic carbocycles. The summed E-state index contributed by atoms with van der Waals surface area (Å²) in [7, 11) is 0. The zero-order valence-electron chi connectivity index (χ0n) is 19.1. The molecule has 14 nitrogen and oxygen atoms in total. The van der Waals surface area contributed by atoms with E-state index >= 15 is 0 Å². The Balaban J connectivity index is 1.19. The summed E-state index contributed by atoms with van der Waals surface area (Å²) in [4.78, 5) is 55.0. The van der Waals surface area contributed by atoms with E-state index in [4.69, 9.17) is 0 Å². The Bertz CT molecular complexity index is 1560. The lowest BCUT2D eigenvalue weighted by Crippen LogP contribution is -2.52. The summed E-state index contributed by atoms with van der Waals surface area (Å²) in [6.07, 6.45) is 6.61. The monoisotopic (exact) mass is 498 g/mol. The van der Waals surface area contributed by atoms with Crippen LogP contribution in [-0.2, 0) is 16.1 Å². The molecule has 1 atom stereocenters. The lowest BCUT2D eigenvalue weighted by atomic mass is 10.0. The molecular formula is C23H18N10O4. The van der Waals surface area contributed by atoms with E-state index in [-0.39, 0.29) is 42.8 Å². The van der Waals surface area contributed by atoms with Crippen molar-refractivity contribution < 1.29 is 19.2 Å². The fourth-order valence-electron chi connectivity index (χ4n) is 4.37. The molecule has 184 valence electrons. The van der Waals surface area contributed by atoms with Crippen molar-refractivity contribution in [2.45, 2.75) is 25.4 Å². The second-order valence-electron chi connectivity index (χ2n) is 8.48. The van der Waals surface area contributed by atoms with Gasteiger partial charge in [0, 0.05) is 24.7 Å². The molecule has 2 aliphatic heterocycles. The third-order valence-electron chi connectivity index (χ3n) is 6.19. The second kappa shape index (κ2) is 8.75. The van der Waals surface area contributed by atoms with Gasteiger partial charge in [-0.05, 0) is 42.3 Å².